The van der Waals surface area contributed by atoms with Crippen molar-refractivity contribution in [3.8, 4) is 0 Å². The number of aliphatic hydroxyl groups is 1. The number of aromatic nitrogens is 1. The maximum atomic E-state index is 12.7. The van der Waals surface area contributed by atoms with Gasteiger partial charge in [0.25, 0.3) is 5.91 Å². The van der Waals surface area contributed by atoms with Gasteiger partial charge in [-0.3, -0.25) is 4.79 Å². The van der Waals surface area contributed by atoms with Crippen LogP contribution >= 0.6 is 0 Å². The van der Waals surface area contributed by atoms with Crippen LogP contribution in [-0.2, 0) is 5.60 Å². The molecule has 3 atom stereocenters. The molecule has 1 aliphatic carbocycles. The van der Waals surface area contributed by atoms with Gasteiger partial charge >= 0.3 is 0 Å². The van der Waals surface area contributed by atoms with Gasteiger partial charge in [0.2, 0.25) is 0 Å². The third kappa shape index (κ3) is 2.44. The molecule has 0 radical (unpaired) electrons. The fraction of sp³-hybridized carbons (Fsp3) is 0.474. The average Bonchev–Trinajstić information content (AvgIpc) is 3.22. The Labute approximate surface area is 141 Å². The molecule has 1 aromatic heterocycles. The number of benzene rings is 1. The minimum atomic E-state index is -0.848. The van der Waals surface area contributed by atoms with E-state index in [4.69, 9.17) is 4.52 Å². The van der Waals surface area contributed by atoms with Gasteiger partial charge in [-0.1, -0.05) is 35.5 Å². The van der Waals surface area contributed by atoms with Crippen LogP contribution in [-0.4, -0.2) is 34.2 Å². The van der Waals surface area contributed by atoms with Crippen molar-refractivity contribution in [3.63, 3.8) is 0 Å². The molecule has 1 aliphatic heterocycles. The molecule has 0 bridgehead atoms. The summed E-state index contributed by atoms with van der Waals surface area (Å²) in [5.41, 5.74) is 0.472. The van der Waals surface area contributed by atoms with Crippen LogP contribution in [0.4, 0.5) is 0 Å². The van der Waals surface area contributed by atoms with E-state index in [0.717, 1.165) is 24.8 Å². The van der Waals surface area contributed by atoms with Gasteiger partial charge in [-0.05, 0) is 37.7 Å². The summed E-state index contributed by atoms with van der Waals surface area (Å²) in [5.74, 6) is 0.943. The number of fused-ring (bicyclic) bond motifs is 1. The van der Waals surface area contributed by atoms with Crippen LogP contribution in [0.3, 0.4) is 0 Å². The Bertz CT molecular complexity index is 742. The number of hydrogen-bond acceptors (Lipinski definition) is 4. The van der Waals surface area contributed by atoms with Gasteiger partial charge in [-0.25, -0.2) is 0 Å². The fourth-order valence-electron chi connectivity index (χ4n) is 4.40. The van der Waals surface area contributed by atoms with E-state index in [0.29, 0.717) is 30.5 Å². The summed E-state index contributed by atoms with van der Waals surface area (Å²) in [6.07, 6.45) is 2.79. The lowest BCUT2D eigenvalue weighted by molar-refractivity contribution is -0.0644. The largest absolute Gasteiger partial charge is 0.385 e. The highest BCUT2D eigenvalue weighted by Crippen LogP contribution is 2.48. The molecule has 1 aromatic carbocycles. The number of carbonyl (C=O) groups is 1. The van der Waals surface area contributed by atoms with Crippen molar-refractivity contribution < 1.29 is 14.4 Å². The lowest BCUT2D eigenvalue weighted by atomic mass is 9.67. The second-order valence-corrected chi connectivity index (χ2v) is 7.08. The topological polar surface area (TPSA) is 66.6 Å². The number of hydrogen-bond donors (Lipinski definition) is 1. The first kappa shape index (κ1) is 15.4. The molecule has 1 N–H and O–H groups in total. The number of nitrogens with zero attached hydrogens (tertiary/aromatic N) is 2. The molecule has 1 saturated heterocycles. The van der Waals surface area contributed by atoms with E-state index in [-0.39, 0.29) is 11.8 Å². The lowest BCUT2D eigenvalue weighted by Crippen LogP contribution is -2.42. The molecule has 24 heavy (non-hydrogen) atoms. The first-order chi connectivity index (χ1) is 11.6. The summed E-state index contributed by atoms with van der Waals surface area (Å²) >= 11 is 0. The van der Waals surface area contributed by atoms with E-state index in [1.54, 1.807) is 13.0 Å². The zero-order valence-corrected chi connectivity index (χ0v) is 13.8. The maximum Gasteiger partial charge on any atom is 0.276 e. The number of aryl methyl sites for hydroxylation is 1. The predicted octanol–water partition coefficient (Wildman–Crippen LogP) is 2.74. The third-order valence-electron chi connectivity index (χ3n) is 5.60. The summed E-state index contributed by atoms with van der Waals surface area (Å²) in [5, 5.41) is 15.3. The Morgan fingerprint density at radius 1 is 1.33 bits per heavy atom. The summed E-state index contributed by atoms with van der Waals surface area (Å²) < 4.78 is 5.03. The Morgan fingerprint density at radius 2 is 2.12 bits per heavy atom. The Balaban J connectivity index is 1.60. The molecular weight excluding hydrogens is 304 g/mol. The zero-order chi connectivity index (χ0) is 16.7. The number of rotatable bonds is 2. The summed E-state index contributed by atoms with van der Waals surface area (Å²) in [4.78, 5) is 14.5. The number of likely N-dealkylation sites (tertiary alicyclic amines) is 1. The van der Waals surface area contributed by atoms with Crippen LogP contribution in [0.15, 0.2) is 40.9 Å². The quantitative estimate of drug-likeness (QED) is 0.921. The van der Waals surface area contributed by atoms with Gasteiger partial charge in [-0.2, -0.15) is 0 Å². The van der Waals surface area contributed by atoms with Crippen molar-refractivity contribution in [1.29, 1.82) is 0 Å². The maximum absolute atomic E-state index is 12.7. The van der Waals surface area contributed by atoms with E-state index in [9.17, 15) is 9.90 Å². The van der Waals surface area contributed by atoms with E-state index >= 15 is 0 Å². The molecule has 2 aliphatic rings. The van der Waals surface area contributed by atoms with Gasteiger partial charge in [0.1, 0.15) is 5.76 Å². The molecule has 0 unspecified atom stereocenters. The highest BCUT2D eigenvalue weighted by Gasteiger charge is 2.50. The van der Waals surface area contributed by atoms with Crippen LogP contribution < -0.4 is 0 Å². The minimum absolute atomic E-state index is 0.0746. The number of amides is 1. The van der Waals surface area contributed by atoms with Gasteiger partial charge in [0, 0.05) is 25.1 Å². The standard InChI is InChI=1S/C19H22N2O3/c1-13-10-17(20-24-13)18(22)21-11-14-6-5-9-19(23,16(14)12-21)15-7-3-2-4-8-15/h2-4,7-8,10,14,16,23H,5-6,9,11-12H2,1H3/t14-,16+,19+/m1/s1. The first-order valence-corrected chi connectivity index (χ1v) is 8.58. The normalized spacial score (nSPS) is 29.5. The Hall–Kier alpha value is -2.14. The Morgan fingerprint density at radius 3 is 2.83 bits per heavy atom. The fourth-order valence-corrected chi connectivity index (χ4v) is 4.40. The van der Waals surface area contributed by atoms with Crippen molar-refractivity contribution >= 4 is 5.91 Å². The van der Waals surface area contributed by atoms with Crippen LogP contribution in [0.25, 0.3) is 0 Å². The average molecular weight is 326 g/mol. The van der Waals surface area contributed by atoms with Gasteiger partial charge < -0.3 is 14.5 Å². The van der Waals surface area contributed by atoms with Crippen LogP contribution in [0, 0.1) is 18.8 Å². The highest BCUT2D eigenvalue weighted by molar-refractivity contribution is 5.92. The van der Waals surface area contributed by atoms with Crippen molar-refractivity contribution in [2.45, 2.75) is 31.8 Å². The van der Waals surface area contributed by atoms with Gasteiger partial charge in [-0.15, -0.1) is 0 Å². The molecule has 1 amide bonds. The zero-order valence-electron chi connectivity index (χ0n) is 13.8. The molecule has 2 fully saturated rings. The minimum Gasteiger partial charge on any atom is -0.385 e. The molecule has 0 spiro atoms. The molecule has 2 heterocycles. The van der Waals surface area contributed by atoms with Crippen molar-refractivity contribution in [2.24, 2.45) is 11.8 Å². The van der Waals surface area contributed by atoms with Crippen LogP contribution in [0.1, 0.15) is 41.1 Å². The highest BCUT2D eigenvalue weighted by atomic mass is 16.5. The van der Waals surface area contributed by atoms with Crippen molar-refractivity contribution in [3.05, 3.63) is 53.4 Å². The van der Waals surface area contributed by atoms with Gasteiger partial charge in [0.15, 0.2) is 5.69 Å². The van der Waals surface area contributed by atoms with Crippen molar-refractivity contribution in [1.82, 2.24) is 10.1 Å². The van der Waals surface area contributed by atoms with Crippen LogP contribution in [0.5, 0.6) is 0 Å². The monoisotopic (exact) mass is 326 g/mol. The van der Waals surface area contributed by atoms with E-state index < -0.39 is 5.60 Å². The molecule has 126 valence electrons. The Kier molecular flexibility index (Phi) is 3.68. The SMILES string of the molecule is Cc1cc(C(=O)N2C[C@H]3CCC[C@](O)(c4ccccc4)[C@H]3C2)no1. The molecule has 5 heteroatoms. The van der Waals surface area contributed by atoms with Crippen molar-refractivity contribution in [2.75, 3.05) is 13.1 Å². The summed E-state index contributed by atoms with van der Waals surface area (Å²) in [6.45, 7) is 3.03. The molecule has 1 saturated carbocycles. The predicted molar refractivity (Wildman–Crippen MR) is 88.3 cm³/mol. The van der Waals surface area contributed by atoms with Gasteiger partial charge in [0.05, 0.1) is 5.60 Å². The first-order valence-electron chi connectivity index (χ1n) is 8.58. The lowest BCUT2D eigenvalue weighted by Gasteiger charge is -2.41. The van der Waals surface area contributed by atoms with E-state index in [2.05, 4.69) is 5.16 Å². The van der Waals surface area contributed by atoms with E-state index in [1.807, 2.05) is 35.2 Å². The molecule has 2 aromatic rings. The third-order valence-corrected chi connectivity index (χ3v) is 5.60. The molecule has 5 nitrogen and oxygen atoms in total. The van der Waals surface area contributed by atoms with Crippen LogP contribution in [0.2, 0.25) is 0 Å². The second kappa shape index (κ2) is 5.74. The summed E-state index contributed by atoms with van der Waals surface area (Å²) in [7, 11) is 0. The molecule has 4 rings (SSSR count). The molecular formula is C19H22N2O3. The summed E-state index contributed by atoms with van der Waals surface area (Å²) in [6, 6.07) is 11.6. The van der Waals surface area contributed by atoms with E-state index in [1.165, 1.54) is 0 Å². The smallest absolute Gasteiger partial charge is 0.276 e. The second-order valence-electron chi connectivity index (χ2n) is 7.08. The number of carbonyl (C=O) groups excluding carboxylic acids is 1.